The zero-order valence-corrected chi connectivity index (χ0v) is 12.1. The Labute approximate surface area is 122 Å². The molecule has 0 bridgehead atoms. The maximum atomic E-state index is 13.5. The van der Waals surface area contributed by atoms with Crippen molar-refractivity contribution in [3.63, 3.8) is 0 Å². The van der Waals surface area contributed by atoms with Gasteiger partial charge in [0.05, 0.1) is 16.1 Å². The molecule has 0 aliphatic heterocycles. The van der Waals surface area contributed by atoms with E-state index in [1.54, 1.807) is 6.92 Å². The SMILES string of the molecule is CCC(CNC(=O)Nc1cc(F)c(Br)cc1F)C(=O)O. The normalized spacial score (nSPS) is 11.8. The lowest BCUT2D eigenvalue weighted by Gasteiger charge is -2.12. The van der Waals surface area contributed by atoms with Crippen LogP contribution in [0, 0.1) is 17.6 Å². The van der Waals surface area contributed by atoms with Crippen molar-refractivity contribution in [2.24, 2.45) is 5.92 Å². The van der Waals surface area contributed by atoms with Crippen LogP contribution < -0.4 is 10.6 Å². The van der Waals surface area contributed by atoms with Gasteiger partial charge in [-0.2, -0.15) is 0 Å². The molecule has 0 heterocycles. The molecule has 1 rings (SSSR count). The standard InChI is InChI=1S/C12H13BrF2N2O3/c1-2-6(11(18)19)5-16-12(20)17-10-4-8(14)7(13)3-9(10)15/h3-4,6H,2,5H2,1H3,(H,18,19)(H2,16,17,20). The first kappa shape index (κ1) is 16.4. The maximum absolute atomic E-state index is 13.5. The maximum Gasteiger partial charge on any atom is 0.319 e. The highest BCUT2D eigenvalue weighted by Crippen LogP contribution is 2.23. The van der Waals surface area contributed by atoms with Crippen molar-refractivity contribution in [2.45, 2.75) is 13.3 Å². The van der Waals surface area contributed by atoms with Crippen LogP contribution in [0.2, 0.25) is 0 Å². The molecule has 1 unspecified atom stereocenters. The molecule has 0 aromatic heterocycles. The third kappa shape index (κ3) is 4.44. The zero-order valence-electron chi connectivity index (χ0n) is 10.5. The van der Waals surface area contributed by atoms with Gasteiger partial charge < -0.3 is 15.7 Å². The highest BCUT2D eigenvalue weighted by molar-refractivity contribution is 9.10. The van der Waals surface area contributed by atoms with Gasteiger partial charge in [-0.3, -0.25) is 4.79 Å². The Hall–Kier alpha value is -1.70. The van der Waals surface area contributed by atoms with Gasteiger partial charge in [0.15, 0.2) is 0 Å². The Balaban J connectivity index is 2.63. The lowest BCUT2D eigenvalue weighted by molar-refractivity contribution is -0.141. The second-order valence-electron chi connectivity index (χ2n) is 4.02. The number of halogens is 3. The molecule has 0 saturated carbocycles. The molecule has 110 valence electrons. The van der Waals surface area contributed by atoms with Gasteiger partial charge >= 0.3 is 12.0 Å². The first-order chi connectivity index (χ1) is 9.35. The number of aliphatic carboxylic acids is 1. The zero-order chi connectivity index (χ0) is 15.3. The molecule has 0 saturated heterocycles. The minimum atomic E-state index is -1.03. The van der Waals surface area contributed by atoms with Crippen LogP contribution in [0.5, 0.6) is 0 Å². The first-order valence-corrected chi connectivity index (χ1v) is 6.56. The molecule has 3 N–H and O–H groups in total. The van der Waals surface area contributed by atoms with Crippen LogP contribution >= 0.6 is 15.9 Å². The fourth-order valence-electron chi connectivity index (χ4n) is 1.41. The molecular formula is C12H13BrF2N2O3. The van der Waals surface area contributed by atoms with Crippen LogP contribution in [0.1, 0.15) is 13.3 Å². The quantitative estimate of drug-likeness (QED) is 0.714. The van der Waals surface area contributed by atoms with Gasteiger partial charge in [0.2, 0.25) is 0 Å². The van der Waals surface area contributed by atoms with E-state index in [1.807, 2.05) is 0 Å². The van der Waals surface area contributed by atoms with Gasteiger partial charge in [-0.15, -0.1) is 0 Å². The largest absolute Gasteiger partial charge is 0.481 e. The summed E-state index contributed by atoms with van der Waals surface area (Å²) in [5.74, 6) is -3.29. The Kier molecular flexibility index (Phi) is 5.87. The fraction of sp³-hybridized carbons (Fsp3) is 0.333. The first-order valence-electron chi connectivity index (χ1n) is 5.77. The van der Waals surface area contributed by atoms with Crippen molar-refractivity contribution < 1.29 is 23.5 Å². The number of carbonyl (C=O) groups is 2. The van der Waals surface area contributed by atoms with E-state index in [9.17, 15) is 18.4 Å². The summed E-state index contributed by atoms with van der Waals surface area (Å²) in [5.41, 5.74) is -0.327. The number of rotatable bonds is 5. The molecular weight excluding hydrogens is 338 g/mol. The van der Waals surface area contributed by atoms with E-state index < -0.39 is 29.6 Å². The Morgan fingerprint density at radius 1 is 1.35 bits per heavy atom. The third-order valence-corrected chi connectivity index (χ3v) is 3.22. The predicted octanol–water partition coefficient (Wildman–Crippen LogP) is 2.96. The molecule has 0 spiro atoms. The number of amides is 2. The van der Waals surface area contributed by atoms with Crippen LogP contribution in [-0.2, 0) is 4.79 Å². The van der Waals surface area contributed by atoms with Crippen LogP contribution in [0.25, 0.3) is 0 Å². The van der Waals surface area contributed by atoms with Crippen LogP contribution in [-0.4, -0.2) is 23.7 Å². The van der Waals surface area contributed by atoms with Crippen molar-refractivity contribution in [3.05, 3.63) is 28.2 Å². The van der Waals surface area contributed by atoms with Gasteiger partial charge in [0.25, 0.3) is 0 Å². The highest BCUT2D eigenvalue weighted by Gasteiger charge is 2.16. The summed E-state index contributed by atoms with van der Waals surface area (Å²) in [6, 6.07) is 0.912. The molecule has 0 fully saturated rings. The van der Waals surface area contributed by atoms with E-state index in [2.05, 4.69) is 26.6 Å². The van der Waals surface area contributed by atoms with E-state index in [0.717, 1.165) is 12.1 Å². The summed E-state index contributed by atoms with van der Waals surface area (Å²) in [6.45, 7) is 1.57. The fourth-order valence-corrected chi connectivity index (χ4v) is 1.72. The van der Waals surface area contributed by atoms with Crippen LogP contribution in [0.3, 0.4) is 0 Å². The van der Waals surface area contributed by atoms with E-state index in [1.165, 1.54) is 0 Å². The molecule has 1 aromatic rings. The summed E-state index contributed by atoms with van der Waals surface area (Å²) in [4.78, 5) is 22.2. The number of nitrogens with one attached hydrogen (secondary N) is 2. The summed E-state index contributed by atoms with van der Waals surface area (Å²) in [5, 5.41) is 13.2. The molecule has 0 radical (unpaired) electrons. The minimum Gasteiger partial charge on any atom is -0.481 e. The second kappa shape index (κ2) is 7.18. The van der Waals surface area contributed by atoms with Gasteiger partial charge in [-0.25, -0.2) is 13.6 Å². The highest BCUT2D eigenvalue weighted by atomic mass is 79.9. The van der Waals surface area contributed by atoms with Gasteiger partial charge in [-0.05, 0) is 28.4 Å². The molecule has 1 atom stereocenters. The molecule has 1 aromatic carbocycles. The lowest BCUT2D eigenvalue weighted by atomic mass is 10.1. The van der Waals surface area contributed by atoms with E-state index in [4.69, 9.17) is 5.11 Å². The number of hydrogen-bond acceptors (Lipinski definition) is 2. The van der Waals surface area contributed by atoms with Gasteiger partial charge in [-0.1, -0.05) is 6.92 Å². The molecule has 2 amide bonds. The topological polar surface area (TPSA) is 78.4 Å². The predicted molar refractivity (Wildman–Crippen MR) is 72.5 cm³/mol. The number of carbonyl (C=O) groups excluding carboxylic acids is 1. The van der Waals surface area contributed by atoms with E-state index >= 15 is 0 Å². The van der Waals surface area contributed by atoms with Gasteiger partial charge in [0, 0.05) is 12.6 Å². The van der Waals surface area contributed by atoms with Crippen molar-refractivity contribution >= 4 is 33.6 Å². The van der Waals surface area contributed by atoms with Crippen LogP contribution in [0.15, 0.2) is 16.6 Å². The second-order valence-corrected chi connectivity index (χ2v) is 4.88. The summed E-state index contributed by atoms with van der Waals surface area (Å²) >= 11 is 2.81. The number of urea groups is 1. The number of hydrogen-bond donors (Lipinski definition) is 3. The average Bonchev–Trinajstić information content (AvgIpc) is 2.36. The minimum absolute atomic E-state index is 0.0575. The summed E-state index contributed by atoms with van der Waals surface area (Å²) < 4.78 is 26.6. The van der Waals surface area contributed by atoms with Crippen molar-refractivity contribution in [2.75, 3.05) is 11.9 Å². The molecule has 0 aliphatic carbocycles. The van der Waals surface area contributed by atoms with Crippen molar-refractivity contribution in [1.29, 1.82) is 0 Å². The van der Waals surface area contributed by atoms with Gasteiger partial charge in [0.1, 0.15) is 11.6 Å². The summed E-state index contributed by atoms with van der Waals surface area (Å²) in [6.07, 6.45) is 0.344. The molecule has 0 aliphatic rings. The number of carboxylic acids is 1. The van der Waals surface area contributed by atoms with E-state index in [-0.39, 0.29) is 16.7 Å². The number of benzene rings is 1. The van der Waals surface area contributed by atoms with Crippen LogP contribution in [0.4, 0.5) is 19.3 Å². The Morgan fingerprint density at radius 3 is 2.55 bits per heavy atom. The van der Waals surface area contributed by atoms with Crippen molar-refractivity contribution in [1.82, 2.24) is 5.32 Å². The lowest BCUT2D eigenvalue weighted by Crippen LogP contribution is -2.35. The molecule has 20 heavy (non-hydrogen) atoms. The number of anilines is 1. The Bertz CT molecular complexity index is 526. The molecule has 8 heteroatoms. The Morgan fingerprint density at radius 2 is 2.00 bits per heavy atom. The smallest absolute Gasteiger partial charge is 0.319 e. The monoisotopic (exact) mass is 350 g/mol. The average molecular weight is 351 g/mol. The number of carboxylic acid groups (broad SMARTS) is 1. The van der Waals surface area contributed by atoms with Crippen molar-refractivity contribution in [3.8, 4) is 0 Å². The summed E-state index contributed by atoms with van der Waals surface area (Å²) in [7, 11) is 0. The molecule has 5 nitrogen and oxygen atoms in total. The van der Waals surface area contributed by atoms with E-state index in [0.29, 0.717) is 6.42 Å². The third-order valence-electron chi connectivity index (χ3n) is 2.61.